The molecule has 30 heavy (non-hydrogen) atoms. The number of ether oxygens (including phenoxy) is 2. The monoisotopic (exact) mass is 413 g/mol. The summed E-state index contributed by atoms with van der Waals surface area (Å²) >= 11 is 0. The van der Waals surface area contributed by atoms with Crippen molar-refractivity contribution in [3.8, 4) is 0 Å². The third-order valence-corrected chi connectivity index (χ3v) is 4.15. The fraction of sp³-hybridized carbons (Fsp3) is 0.200. The molecular weight excluding hydrogens is 394 g/mol. The molecule has 3 aromatic rings. The maximum absolute atomic E-state index is 12.2. The average molecular weight is 413 g/mol. The van der Waals surface area contributed by atoms with E-state index in [4.69, 9.17) is 19.6 Å². The second kappa shape index (κ2) is 8.52. The predicted molar refractivity (Wildman–Crippen MR) is 105 cm³/mol. The van der Waals surface area contributed by atoms with Crippen LogP contribution >= 0.6 is 0 Å². The van der Waals surface area contributed by atoms with Crippen molar-refractivity contribution in [1.82, 2.24) is 4.98 Å². The third-order valence-electron chi connectivity index (χ3n) is 4.15. The van der Waals surface area contributed by atoms with Crippen LogP contribution in [-0.2, 0) is 14.3 Å². The molecule has 0 saturated heterocycles. The van der Waals surface area contributed by atoms with Crippen LogP contribution in [0.1, 0.15) is 43.9 Å². The molecule has 1 aromatic carbocycles. The number of hydrogen-bond acceptors (Lipinski definition) is 7. The number of aromatic nitrogens is 1. The number of H-pyrrole nitrogens is 1. The van der Waals surface area contributed by atoms with E-state index in [1.807, 2.05) is 18.2 Å². The maximum atomic E-state index is 12.2. The minimum atomic E-state index is -0.986. The summed E-state index contributed by atoms with van der Waals surface area (Å²) in [5.41, 5.74) is 5.76. The van der Waals surface area contributed by atoms with Crippen molar-refractivity contribution < 1.29 is 33.1 Å². The van der Waals surface area contributed by atoms with Crippen LogP contribution in [0.4, 0.5) is 5.88 Å². The summed E-state index contributed by atoms with van der Waals surface area (Å²) in [6.45, 7) is 2.44. The normalized spacial score (nSPS) is 10.6. The first-order chi connectivity index (χ1) is 14.3. The van der Waals surface area contributed by atoms with Crippen molar-refractivity contribution in [3.05, 3.63) is 52.9 Å². The Bertz CT molecular complexity index is 1110. The van der Waals surface area contributed by atoms with Crippen LogP contribution in [0, 0.1) is 6.92 Å². The van der Waals surface area contributed by atoms with E-state index in [1.165, 1.54) is 6.92 Å². The predicted octanol–water partition coefficient (Wildman–Crippen LogP) is 2.14. The molecule has 10 heteroatoms. The van der Waals surface area contributed by atoms with E-state index in [1.54, 1.807) is 19.1 Å². The van der Waals surface area contributed by atoms with Gasteiger partial charge in [-0.25, -0.2) is 9.59 Å². The summed E-state index contributed by atoms with van der Waals surface area (Å²) in [4.78, 5) is 51.1. The summed E-state index contributed by atoms with van der Waals surface area (Å²) in [6, 6.07) is 8.85. The van der Waals surface area contributed by atoms with Gasteiger partial charge in [0.2, 0.25) is 5.88 Å². The van der Waals surface area contributed by atoms with Crippen LogP contribution in [0.25, 0.3) is 10.9 Å². The van der Waals surface area contributed by atoms with Crippen molar-refractivity contribution in [2.45, 2.75) is 13.8 Å². The van der Waals surface area contributed by atoms with Gasteiger partial charge in [0, 0.05) is 10.9 Å². The minimum Gasteiger partial charge on any atom is -0.462 e. The molecule has 4 N–H and O–H groups in total. The maximum Gasteiger partial charge on any atom is 0.355 e. The van der Waals surface area contributed by atoms with Crippen LogP contribution in [0.2, 0.25) is 0 Å². The number of para-hydroxylation sites is 1. The Kier molecular flexibility index (Phi) is 5.86. The number of nitrogens with one attached hydrogen (secondary N) is 2. The molecule has 0 aliphatic rings. The molecule has 0 aliphatic heterocycles. The first-order valence-electron chi connectivity index (χ1n) is 8.96. The quantitative estimate of drug-likeness (QED) is 0.501. The number of amides is 2. The number of aryl methyl sites for hydroxylation is 1. The average Bonchev–Trinajstić information content (AvgIpc) is 3.27. The van der Waals surface area contributed by atoms with Gasteiger partial charge in [0.1, 0.15) is 22.6 Å². The molecular formula is C20H19N3O7. The fourth-order valence-corrected chi connectivity index (χ4v) is 2.87. The van der Waals surface area contributed by atoms with E-state index >= 15 is 0 Å². The first kappa shape index (κ1) is 20.6. The molecule has 10 nitrogen and oxygen atoms in total. The molecule has 3 rings (SSSR count). The van der Waals surface area contributed by atoms with Gasteiger partial charge in [-0.2, -0.15) is 0 Å². The number of esters is 2. The van der Waals surface area contributed by atoms with Gasteiger partial charge in [-0.05, 0) is 26.0 Å². The lowest BCUT2D eigenvalue weighted by Crippen LogP contribution is -2.23. The first-order valence-corrected chi connectivity index (χ1v) is 8.96. The number of carbonyl (C=O) groups excluding carboxylic acids is 4. The highest BCUT2D eigenvalue weighted by Crippen LogP contribution is 2.27. The molecule has 2 heterocycles. The number of furan rings is 1. The Morgan fingerprint density at radius 3 is 2.50 bits per heavy atom. The van der Waals surface area contributed by atoms with Gasteiger partial charge in [0.25, 0.3) is 11.8 Å². The highest BCUT2D eigenvalue weighted by atomic mass is 16.5. The molecule has 0 spiro atoms. The Morgan fingerprint density at radius 1 is 1.10 bits per heavy atom. The molecule has 0 radical (unpaired) electrons. The zero-order valence-corrected chi connectivity index (χ0v) is 16.2. The Balaban J connectivity index is 1.70. The lowest BCUT2D eigenvalue weighted by Gasteiger charge is -2.05. The van der Waals surface area contributed by atoms with Crippen LogP contribution in [0.3, 0.4) is 0 Å². The summed E-state index contributed by atoms with van der Waals surface area (Å²) in [7, 11) is 0. The number of benzene rings is 1. The summed E-state index contributed by atoms with van der Waals surface area (Å²) in [5, 5.41) is 3.10. The van der Waals surface area contributed by atoms with Crippen molar-refractivity contribution in [2.24, 2.45) is 5.73 Å². The second-order valence-electron chi connectivity index (χ2n) is 6.22. The highest BCUT2D eigenvalue weighted by molar-refractivity contribution is 6.10. The van der Waals surface area contributed by atoms with Gasteiger partial charge in [0.05, 0.1) is 6.61 Å². The SMILES string of the molecule is CCOC(=O)c1c(C)oc(NC(=O)COC(=O)c2cc3ccccc3[nH]2)c1C(N)=O. The number of hydrogen-bond donors (Lipinski definition) is 3. The van der Waals surface area contributed by atoms with Crippen LogP contribution < -0.4 is 11.1 Å². The number of aromatic amines is 1. The Morgan fingerprint density at radius 2 is 1.83 bits per heavy atom. The van der Waals surface area contributed by atoms with Gasteiger partial charge < -0.3 is 24.6 Å². The zero-order valence-electron chi connectivity index (χ0n) is 16.2. The number of anilines is 1. The minimum absolute atomic E-state index is 0.0487. The largest absolute Gasteiger partial charge is 0.462 e. The summed E-state index contributed by atoms with van der Waals surface area (Å²) in [5.74, 6) is -3.59. The van der Waals surface area contributed by atoms with Crippen LogP contribution in [-0.4, -0.2) is 42.0 Å². The molecule has 0 unspecified atom stereocenters. The smallest absolute Gasteiger partial charge is 0.355 e. The van der Waals surface area contributed by atoms with Gasteiger partial charge in [0.15, 0.2) is 6.61 Å². The molecule has 0 fully saturated rings. The molecule has 0 bridgehead atoms. The Hall–Kier alpha value is -4.08. The standard InChI is InChI=1S/C20H19N3O7/c1-3-28-20(27)15-10(2)30-18(16(15)17(21)25)23-14(24)9-29-19(26)13-8-11-6-4-5-7-12(11)22-13/h4-8,22H,3,9H2,1-2H3,(H2,21,25)(H,23,24). The van der Waals surface area contributed by atoms with Gasteiger partial charge in [-0.3, -0.25) is 14.9 Å². The molecule has 156 valence electrons. The van der Waals surface area contributed by atoms with E-state index in [2.05, 4.69) is 10.3 Å². The zero-order chi connectivity index (χ0) is 21.8. The third kappa shape index (κ3) is 4.17. The van der Waals surface area contributed by atoms with Crippen molar-refractivity contribution in [1.29, 1.82) is 0 Å². The number of carbonyl (C=O) groups is 4. The number of nitrogens with two attached hydrogens (primary N) is 1. The molecule has 0 aliphatic carbocycles. The topological polar surface area (TPSA) is 154 Å². The molecule has 2 aromatic heterocycles. The van der Waals surface area contributed by atoms with Gasteiger partial charge in [-0.15, -0.1) is 0 Å². The van der Waals surface area contributed by atoms with E-state index in [-0.39, 0.29) is 35.1 Å². The molecule has 0 atom stereocenters. The van der Waals surface area contributed by atoms with Crippen molar-refractivity contribution in [2.75, 3.05) is 18.5 Å². The summed E-state index contributed by atoms with van der Waals surface area (Å²) < 4.78 is 15.2. The van der Waals surface area contributed by atoms with Crippen molar-refractivity contribution in [3.63, 3.8) is 0 Å². The van der Waals surface area contributed by atoms with Gasteiger partial charge in [-0.1, -0.05) is 18.2 Å². The summed E-state index contributed by atoms with van der Waals surface area (Å²) in [6.07, 6.45) is 0. The van der Waals surface area contributed by atoms with Gasteiger partial charge >= 0.3 is 11.9 Å². The highest BCUT2D eigenvalue weighted by Gasteiger charge is 2.29. The second-order valence-corrected chi connectivity index (χ2v) is 6.22. The lowest BCUT2D eigenvalue weighted by molar-refractivity contribution is -0.119. The van der Waals surface area contributed by atoms with E-state index in [0.717, 1.165) is 10.9 Å². The molecule has 0 saturated carbocycles. The molecule has 2 amide bonds. The Labute approximate surface area is 170 Å². The fourth-order valence-electron chi connectivity index (χ4n) is 2.87. The van der Waals surface area contributed by atoms with Crippen LogP contribution in [0.15, 0.2) is 34.7 Å². The van der Waals surface area contributed by atoms with Crippen molar-refractivity contribution >= 4 is 40.5 Å². The van der Waals surface area contributed by atoms with E-state index in [0.29, 0.717) is 0 Å². The number of primary amides is 1. The van der Waals surface area contributed by atoms with E-state index in [9.17, 15) is 19.2 Å². The number of fused-ring (bicyclic) bond motifs is 1. The van der Waals surface area contributed by atoms with Crippen LogP contribution in [0.5, 0.6) is 0 Å². The lowest BCUT2D eigenvalue weighted by atomic mass is 10.1. The van der Waals surface area contributed by atoms with E-state index < -0.39 is 30.4 Å². The number of rotatable bonds is 7.